The highest BCUT2D eigenvalue weighted by molar-refractivity contribution is 5.85. The van der Waals surface area contributed by atoms with Gasteiger partial charge in [0.15, 0.2) is 0 Å². The normalized spacial score (nSPS) is 13.8. The molecule has 0 radical (unpaired) electrons. The van der Waals surface area contributed by atoms with E-state index in [1.165, 1.54) is 19.1 Å². The Bertz CT molecular complexity index is 745. The van der Waals surface area contributed by atoms with Crippen LogP contribution in [-0.2, 0) is 15.5 Å². The van der Waals surface area contributed by atoms with Crippen molar-refractivity contribution in [2.45, 2.75) is 25.8 Å². The van der Waals surface area contributed by atoms with Gasteiger partial charge in [-0.2, -0.15) is 8.78 Å². The fraction of sp³-hybridized carbons (Fsp3) is 0.263. The van der Waals surface area contributed by atoms with Crippen LogP contribution in [0, 0.1) is 12.8 Å². The molecule has 132 valence electrons. The van der Waals surface area contributed by atoms with Crippen LogP contribution in [0.4, 0.5) is 8.78 Å². The Kier molecular flexibility index (Phi) is 5.51. The first-order valence-corrected chi connectivity index (χ1v) is 7.77. The van der Waals surface area contributed by atoms with Gasteiger partial charge in [-0.1, -0.05) is 60.2 Å². The van der Waals surface area contributed by atoms with Gasteiger partial charge in [0.2, 0.25) is 0 Å². The summed E-state index contributed by atoms with van der Waals surface area (Å²) in [6.45, 7) is 3.22. The summed E-state index contributed by atoms with van der Waals surface area (Å²) in [5.41, 5.74) is 0.947. The third kappa shape index (κ3) is 4.21. The van der Waals surface area contributed by atoms with Gasteiger partial charge < -0.3 is 10.4 Å². The summed E-state index contributed by atoms with van der Waals surface area (Å²) in [4.78, 5) is 23.5. The minimum Gasteiger partial charge on any atom is -0.481 e. The monoisotopic (exact) mass is 347 g/mol. The number of rotatable bonds is 6. The Balaban J connectivity index is 2.31. The summed E-state index contributed by atoms with van der Waals surface area (Å²) in [6.07, 6.45) is 0. The minimum absolute atomic E-state index is 0.446. The standard InChI is InChI=1S/C19H19F2NO3/c1-12-8-10-14(11-9-12)16(13(2)17(23)24)22-18(25)19(20,21)15-6-4-3-5-7-15/h3-11,13,16H,1-2H3,(H,22,25)(H,23,24)/t13-,16+/m1/s1. The molecule has 2 atom stereocenters. The van der Waals surface area contributed by atoms with Gasteiger partial charge in [0.05, 0.1) is 12.0 Å². The van der Waals surface area contributed by atoms with E-state index in [4.69, 9.17) is 0 Å². The molecule has 0 spiro atoms. The number of hydrogen-bond acceptors (Lipinski definition) is 2. The molecule has 2 aromatic rings. The molecule has 0 fully saturated rings. The molecule has 2 aromatic carbocycles. The van der Waals surface area contributed by atoms with Gasteiger partial charge in [-0.15, -0.1) is 0 Å². The molecule has 0 aromatic heterocycles. The number of alkyl halides is 2. The highest BCUT2D eigenvalue weighted by Gasteiger charge is 2.42. The number of benzene rings is 2. The summed E-state index contributed by atoms with van der Waals surface area (Å²) in [7, 11) is 0. The van der Waals surface area contributed by atoms with E-state index in [0.29, 0.717) is 5.56 Å². The van der Waals surface area contributed by atoms with Crippen LogP contribution in [0.2, 0.25) is 0 Å². The lowest BCUT2D eigenvalue weighted by atomic mass is 9.93. The van der Waals surface area contributed by atoms with Gasteiger partial charge >= 0.3 is 11.9 Å². The van der Waals surface area contributed by atoms with E-state index >= 15 is 0 Å². The van der Waals surface area contributed by atoms with E-state index in [1.807, 2.05) is 6.92 Å². The highest BCUT2D eigenvalue weighted by Crippen LogP contribution is 2.30. The Morgan fingerprint density at radius 3 is 2.12 bits per heavy atom. The maximum atomic E-state index is 14.4. The number of carbonyl (C=O) groups is 2. The van der Waals surface area contributed by atoms with Gasteiger partial charge in [-0.25, -0.2) is 0 Å². The van der Waals surface area contributed by atoms with Crippen molar-refractivity contribution in [3.63, 3.8) is 0 Å². The zero-order valence-electron chi connectivity index (χ0n) is 13.9. The summed E-state index contributed by atoms with van der Waals surface area (Å²) in [5, 5.41) is 11.5. The SMILES string of the molecule is Cc1ccc([C@@H](NC(=O)C(F)(F)c2ccccc2)[C@@H](C)C(=O)O)cc1. The Morgan fingerprint density at radius 2 is 1.60 bits per heavy atom. The summed E-state index contributed by atoms with van der Waals surface area (Å²) in [5.74, 6) is -7.55. The Labute approximate surface area is 144 Å². The van der Waals surface area contributed by atoms with Crippen LogP contribution in [0.25, 0.3) is 0 Å². The van der Waals surface area contributed by atoms with Crippen LogP contribution in [0.3, 0.4) is 0 Å². The van der Waals surface area contributed by atoms with Crippen molar-refractivity contribution < 1.29 is 23.5 Å². The molecule has 2 N–H and O–H groups in total. The molecular formula is C19H19F2NO3. The Morgan fingerprint density at radius 1 is 1.04 bits per heavy atom. The second kappa shape index (κ2) is 7.42. The fourth-order valence-electron chi connectivity index (χ4n) is 2.42. The number of carboxylic acids is 1. The number of aryl methyl sites for hydroxylation is 1. The lowest BCUT2D eigenvalue weighted by Gasteiger charge is -2.26. The van der Waals surface area contributed by atoms with Crippen LogP contribution in [0.15, 0.2) is 54.6 Å². The van der Waals surface area contributed by atoms with E-state index in [1.54, 1.807) is 30.3 Å². The largest absolute Gasteiger partial charge is 0.481 e. The van der Waals surface area contributed by atoms with Crippen molar-refractivity contribution in [1.82, 2.24) is 5.32 Å². The molecule has 0 heterocycles. The van der Waals surface area contributed by atoms with E-state index in [0.717, 1.165) is 17.7 Å². The van der Waals surface area contributed by atoms with Crippen LogP contribution < -0.4 is 5.32 Å². The molecule has 2 rings (SSSR count). The number of hydrogen-bond donors (Lipinski definition) is 2. The van der Waals surface area contributed by atoms with Crippen molar-refractivity contribution >= 4 is 11.9 Å². The van der Waals surface area contributed by atoms with E-state index < -0.39 is 35.3 Å². The van der Waals surface area contributed by atoms with Crippen molar-refractivity contribution in [3.05, 3.63) is 71.3 Å². The topological polar surface area (TPSA) is 66.4 Å². The maximum absolute atomic E-state index is 14.4. The third-order valence-electron chi connectivity index (χ3n) is 4.03. The number of aliphatic carboxylic acids is 1. The molecule has 6 heteroatoms. The molecule has 0 aliphatic carbocycles. The van der Waals surface area contributed by atoms with Crippen LogP contribution in [0.1, 0.15) is 29.7 Å². The summed E-state index contributed by atoms with van der Waals surface area (Å²) >= 11 is 0. The van der Waals surface area contributed by atoms with Gasteiger partial charge in [-0.3, -0.25) is 9.59 Å². The fourth-order valence-corrected chi connectivity index (χ4v) is 2.42. The number of carboxylic acid groups (broad SMARTS) is 1. The lowest BCUT2D eigenvalue weighted by Crippen LogP contribution is -2.43. The molecule has 0 saturated heterocycles. The first-order chi connectivity index (χ1) is 11.7. The number of nitrogens with one attached hydrogen (secondary N) is 1. The number of carbonyl (C=O) groups excluding carboxylic acids is 1. The first-order valence-electron chi connectivity index (χ1n) is 7.77. The van der Waals surface area contributed by atoms with E-state index in [2.05, 4.69) is 5.32 Å². The zero-order chi connectivity index (χ0) is 18.6. The average molecular weight is 347 g/mol. The molecule has 0 aliphatic rings. The third-order valence-corrected chi connectivity index (χ3v) is 4.03. The summed E-state index contributed by atoms with van der Waals surface area (Å²) < 4.78 is 28.8. The van der Waals surface area contributed by atoms with Crippen LogP contribution >= 0.6 is 0 Å². The molecule has 0 saturated carbocycles. The van der Waals surface area contributed by atoms with Crippen molar-refractivity contribution in [2.24, 2.45) is 5.92 Å². The molecular weight excluding hydrogens is 328 g/mol. The van der Waals surface area contributed by atoms with E-state index in [9.17, 15) is 23.5 Å². The maximum Gasteiger partial charge on any atom is 0.349 e. The molecule has 0 aliphatic heterocycles. The first kappa shape index (κ1) is 18.6. The van der Waals surface area contributed by atoms with Gasteiger partial charge in [0.25, 0.3) is 5.91 Å². The number of amides is 1. The van der Waals surface area contributed by atoms with Crippen LogP contribution in [0.5, 0.6) is 0 Å². The summed E-state index contributed by atoms with van der Waals surface area (Å²) in [6, 6.07) is 12.3. The molecule has 4 nitrogen and oxygen atoms in total. The molecule has 1 amide bonds. The Hall–Kier alpha value is -2.76. The van der Waals surface area contributed by atoms with Gasteiger partial charge in [0, 0.05) is 5.56 Å². The van der Waals surface area contributed by atoms with Gasteiger partial charge in [-0.05, 0) is 19.4 Å². The minimum atomic E-state index is -3.76. The quantitative estimate of drug-likeness (QED) is 0.838. The zero-order valence-corrected chi connectivity index (χ0v) is 13.9. The smallest absolute Gasteiger partial charge is 0.349 e. The molecule has 25 heavy (non-hydrogen) atoms. The molecule has 0 bridgehead atoms. The van der Waals surface area contributed by atoms with Crippen molar-refractivity contribution in [3.8, 4) is 0 Å². The number of halogens is 2. The van der Waals surface area contributed by atoms with Crippen molar-refractivity contribution in [2.75, 3.05) is 0 Å². The van der Waals surface area contributed by atoms with E-state index in [-0.39, 0.29) is 0 Å². The molecule has 0 unspecified atom stereocenters. The van der Waals surface area contributed by atoms with Gasteiger partial charge in [0.1, 0.15) is 0 Å². The second-order valence-electron chi connectivity index (χ2n) is 5.93. The highest BCUT2D eigenvalue weighted by atomic mass is 19.3. The lowest BCUT2D eigenvalue weighted by molar-refractivity contribution is -0.150. The average Bonchev–Trinajstić information content (AvgIpc) is 2.60. The predicted molar refractivity (Wildman–Crippen MR) is 89.2 cm³/mol. The predicted octanol–water partition coefficient (Wildman–Crippen LogP) is 3.67. The van der Waals surface area contributed by atoms with Crippen molar-refractivity contribution in [1.29, 1.82) is 0 Å². The van der Waals surface area contributed by atoms with Crippen LogP contribution in [-0.4, -0.2) is 17.0 Å². The second-order valence-corrected chi connectivity index (χ2v) is 5.93.